The Labute approximate surface area is 193 Å². The van der Waals surface area contributed by atoms with Gasteiger partial charge in [0.1, 0.15) is 0 Å². The Morgan fingerprint density at radius 1 is 0.970 bits per heavy atom. The van der Waals surface area contributed by atoms with Crippen molar-refractivity contribution < 1.29 is 22.7 Å². The van der Waals surface area contributed by atoms with Crippen LogP contribution in [-0.2, 0) is 29.8 Å². The zero-order valence-corrected chi connectivity index (χ0v) is 19.1. The molecule has 7 nitrogen and oxygen atoms in total. The molecular formula is C25H28N2O5S. The lowest BCUT2D eigenvalue weighted by molar-refractivity contribution is -0.175. The van der Waals surface area contributed by atoms with E-state index in [4.69, 9.17) is 9.88 Å². The van der Waals surface area contributed by atoms with Crippen LogP contribution in [0.15, 0.2) is 59.5 Å². The third kappa shape index (κ3) is 4.17. The Morgan fingerprint density at radius 2 is 1.61 bits per heavy atom. The number of carbonyl (C=O) groups is 2. The van der Waals surface area contributed by atoms with Gasteiger partial charge in [0.2, 0.25) is 10.0 Å². The number of benzene rings is 2. The molecule has 4 aliphatic rings. The number of anilines is 1. The van der Waals surface area contributed by atoms with Gasteiger partial charge >= 0.3 is 5.97 Å². The molecule has 0 spiro atoms. The van der Waals surface area contributed by atoms with Gasteiger partial charge in [0.25, 0.3) is 5.91 Å². The van der Waals surface area contributed by atoms with Crippen LogP contribution in [0, 0.1) is 17.3 Å². The molecule has 33 heavy (non-hydrogen) atoms. The summed E-state index contributed by atoms with van der Waals surface area (Å²) in [6.07, 6.45) is 5.89. The van der Waals surface area contributed by atoms with E-state index in [0.717, 1.165) is 32.1 Å². The van der Waals surface area contributed by atoms with Crippen molar-refractivity contribution in [3.63, 3.8) is 0 Å². The quantitative estimate of drug-likeness (QED) is 0.631. The Kier molecular flexibility index (Phi) is 5.33. The first kappa shape index (κ1) is 22.1. The van der Waals surface area contributed by atoms with Crippen LogP contribution in [0.3, 0.4) is 0 Å². The molecule has 0 aliphatic heterocycles. The maximum Gasteiger partial charge on any atom is 0.312 e. The molecular weight excluding hydrogens is 440 g/mol. The number of primary sulfonamides is 1. The van der Waals surface area contributed by atoms with E-state index in [-0.39, 0.29) is 22.9 Å². The largest absolute Gasteiger partial charge is 0.455 e. The fraction of sp³-hybridized carbons (Fsp3) is 0.440. The summed E-state index contributed by atoms with van der Waals surface area (Å²) in [5.74, 6) is 0.307. The molecule has 0 saturated heterocycles. The molecule has 2 unspecified atom stereocenters. The number of hydrogen-bond acceptors (Lipinski definition) is 5. The molecule has 1 amide bonds. The zero-order chi connectivity index (χ0) is 23.3. The molecule has 4 saturated carbocycles. The predicted octanol–water partition coefficient (Wildman–Crippen LogP) is 3.35. The third-order valence-electron chi connectivity index (χ3n) is 7.68. The summed E-state index contributed by atoms with van der Waals surface area (Å²) >= 11 is 0. The van der Waals surface area contributed by atoms with Gasteiger partial charge in [0, 0.05) is 5.69 Å². The van der Waals surface area contributed by atoms with Crippen LogP contribution in [0.5, 0.6) is 0 Å². The summed E-state index contributed by atoms with van der Waals surface area (Å²) in [4.78, 5) is 25.6. The van der Waals surface area contributed by atoms with Gasteiger partial charge in [-0.3, -0.25) is 9.59 Å². The summed E-state index contributed by atoms with van der Waals surface area (Å²) in [5, 5.41) is 7.72. The lowest BCUT2D eigenvalue weighted by Crippen LogP contribution is -2.57. The summed E-state index contributed by atoms with van der Waals surface area (Å²) < 4.78 is 28.3. The van der Waals surface area contributed by atoms with Gasteiger partial charge in [0.05, 0.1) is 10.3 Å². The van der Waals surface area contributed by atoms with E-state index in [1.54, 1.807) is 0 Å². The van der Waals surface area contributed by atoms with Crippen LogP contribution in [0.2, 0.25) is 0 Å². The van der Waals surface area contributed by atoms with E-state index in [2.05, 4.69) is 29.6 Å². The molecule has 6 rings (SSSR count). The lowest BCUT2D eigenvalue weighted by atomic mass is 9.43. The third-order valence-corrected chi connectivity index (χ3v) is 8.61. The molecule has 4 aliphatic carbocycles. The van der Waals surface area contributed by atoms with Crippen molar-refractivity contribution in [2.45, 2.75) is 48.8 Å². The minimum absolute atomic E-state index is 0.0255. The van der Waals surface area contributed by atoms with Gasteiger partial charge in [-0.05, 0) is 85.6 Å². The molecule has 8 heteroatoms. The molecule has 0 aromatic heterocycles. The van der Waals surface area contributed by atoms with Crippen LogP contribution < -0.4 is 10.5 Å². The first-order valence-corrected chi connectivity index (χ1v) is 12.9. The van der Waals surface area contributed by atoms with Crippen LogP contribution in [0.25, 0.3) is 0 Å². The number of esters is 1. The van der Waals surface area contributed by atoms with Gasteiger partial charge in [-0.15, -0.1) is 0 Å². The molecule has 0 radical (unpaired) electrons. The highest BCUT2D eigenvalue weighted by Crippen LogP contribution is 2.66. The van der Waals surface area contributed by atoms with E-state index in [0.29, 0.717) is 17.5 Å². The molecule has 3 N–H and O–H groups in total. The number of ether oxygens (including phenoxy) is 1. The van der Waals surface area contributed by atoms with Crippen molar-refractivity contribution in [1.82, 2.24) is 0 Å². The number of amides is 1. The Morgan fingerprint density at radius 3 is 2.21 bits per heavy atom. The number of nitrogens with two attached hydrogens (primary N) is 1. The fourth-order valence-corrected chi connectivity index (χ4v) is 7.36. The zero-order valence-electron chi connectivity index (χ0n) is 18.3. The van der Waals surface area contributed by atoms with E-state index < -0.39 is 21.3 Å². The molecule has 0 heterocycles. The normalized spacial score (nSPS) is 30.1. The topological polar surface area (TPSA) is 116 Å². The predicted molar refractivity (Wildman–Crippen MR) is 123 cm³/mol. The van der Waals surface area contributed by atoms with Crippen molar-refractivity contribution in [2.24, 2.45) is 22.4 Å². The van der Waals surface area contributed by atoms with Gasteiger partial charge in [-0.2, -0.15) is 0 Å². The van der Waals surface area contributed by atoms with E-state index >= 15 is 0 Å². The molecule has 174 valence electrons. The molecule has 4 atom stereocenters. The highest BCUT2D eigenvalue weighted by molar-refractivity contribution is 7.89. The summed E-state index contributed by atoms with van der Waals surface area (Å²) in [6, 6.07) is 16.0. The van der Waals surface area contributed by atoms with Crippen LogP contribution in [-0.4, -0.2) is 26.9 Å². The standard InChI is InChI=1S/C25H28N2O5S/c26-33(30,31)21-8-6-20(7-9-21)27-22(28)15-32-23(29)25-13-17-10-18(14-25)12-24(11-17,16-25)19-4-2-1-3-5-19/h1-9,17-18H,10-16H2,(H,27,28)(H2,26,30,31)/t17-,18+,24?,25?. The van der Waals surface area contributed by atoms with Crippen molar-refractivity contribution >= 4 is 27.6 Å². The maximum absolute atomic E-state index is 13.3. The van der Waals surface area contributed by atoms with Crippen LogP contribution in [0.1, 0.15) is 44.1 Å². The highest BCUT2D eigenvalue weighted by atomic mass is 32.2. The summed E-state index contributed by atoms with van der Waals surface area (Å²) in [5.41, 5.74) is 1.23. The Bertz CT molecular complexity index is 1160. The maximum atomic E-state index is 13.3. The minimum atomic E-state index is -3.80. The number of rotatable bonds is 6. The second kappa shape index (κ2) is 7.95. The van der Waals surface area contributed by atoms with Gasteiger partial charge in [0.15, 0.2) is 6.61 Å². The van der Waals surface area contributed by atoms with E-state index in [9.17, 15) is 18.0 Å². The van der Waals surface area contributed by atoms with Gasteiger partial charge in [-0.1, -0.05) is 30.3 Å². The van der Waals surface area contributed by atoms with Crippen LogP contribution in [0.4, 0.5) is 5.69 Å². The Hall–Kier alpha value is -2.71. The fourth-order valence-electron chi connectivity index (χ4n) is 6.84. The monoisotopic (exact) mass is 468 g/mol. The summed E-state index contributed by atoms with van der Waals surface area (Å²) in [7, 11) is -3.80. The first-order chi connectivity index (χ1) is 15.7. The summed E-state index contributed by atoms with van der Waals surface area (Å²) in [6.45, 7) is -0.370. The molecule has 4 bridgehead atoms. The van der Waals surface area contributed by atoms with Gasteiger partial charge in [-0.25, -0.2) is 13.6 Å². The van der Waals surface area contributed by atoms with Gasteiger partial charge < -0.3 is 10.1 Å². The number of nitrogens with one attached hydrogen (secondary N) is 1. The van der Waals surface area contributed by atoms with Crippen molar-refractivity contribution in [2.75, 3.05) is 11.9 Å². The highest BCUT2D eigenvalue weighted by Gasteiger charge is 2.61. The lowest BCUT2D eigenvalue weighted by Gasteiger charge is -2.61. The smallest absolute Gasteiger partial charge is 0.312 e. The number of sulfonamides is 1. The average molecular weight is 469 g/mol. The number of hydrogen-bond donors (Lipinski definition) is 2. The molecule has 2 aromatic carbocycles. The van der Waals surface area contributed by atoms with Crippen molar-refractivity contribution in [3.8, 4) is 0 Å². The second-order valence-electron chi connectivity index (χ2n) is 10.1. The second-order valence-corrected chi connectivity index (χ2v) is 11.6. The van der Waals surface area contributed by atoms with Crippen molar-refractivity contribution in [1.29, 1.82) is 0 Å². The van der Waals surface area contributed by atoms with E-state index in [1.807, 2.05) is 6.07 Å². The van der Waals surface area contributed by atoms with Crippen molar-refractivity contribution in [3.05, 3.63) is 60.2 Å². The minimum Gasteiger partial charge on any atom is -0.455 e. The SMILES string of the molecule is NS(=O)(=O)c1ccc(NC(=O)COC(=O)C23C[C@H]4C[C@@H](C2)CC(c2ccccc2)(C4)C3)cc1. The van der Waals surface area contributed by atoms with E-state index in [1.165, 1.54) is 36.2 Å². The Balaban J connectivity index is 1.25. The molecule has 2 aromatic rings. The molecule has 4 fully saturated rings. The first-order valence-electron chi connectivity index (χ1n) is 11.3. The van der Waals surface area contributed by atoms with Crippen LogP contribution >= 0.6 is 0 Å². The average Bonchev–Trinajstić information content (AvgIpc) is 2.77. The number of carbonyl (C=O) groups excluding carboxylic acids is 2.